The molecule has 0 rings (SSSR count). The van der Waals surface area contributed by atoms with Crippen LogP contribution in [0.15, 0.2) is 12.8 Å². The molecule has 3 nitrogen and oxygen atoms in total. The lowest BCUT2D eigenvalue weighted by Gasteiger charge is -2.24. The zero-order chi connectivity index (χ0) is 11.9. The maximum absolute atomic E-state index is 9.58. The molecule has 2 atom stereocenters. The van der Waals surface area contributed by atoms with Gasteiger partial charge in [-0.25, -0.2) is 0 Å². The van der Waals surface area contributed by atoms with E-state index in [4.69, 9.17) is 4.74 Å². The van der Waals surface area contributed by atoms with Crippen molar-refractivity contribution >= 4 is 31.9 Å². The summed E-state index contributed by atoms with van der Waals surface area (Å²) in [6.07, 6.45) is 2.23. The Bertz CT molecular complexity index is 184. The normalized spacial score (nSPS) is 15.8. The lowest BCUT2D eigenvalue weighted by atomic mass is 10.1. The summed E-state index contributed by atoms with van der Waals surface area (Å²) in [6, 6.07) is 0. The molecular weight excluding hydrogens is 328 g/mol. The molecule has 0 aliphatic rings. The summed E-state index contributed by atoms with van der Waals surface area (Å²) in [6.45, 7) is 5.57. The van der Waals surface area contributed by atoms with Gasteiger partial charge in [0.05, 0.1) is 25.1 Å². The monoisotopic (exact) mass is 344 g/mol. The van der Waals surface area contributed by atoms with Gasteiger partial charge in [0.1, 0.15) is 3.23 Å². The van der Waals surface area contributed by atoms with Crippen molar-refractivity contribution in [2.75, 3.05) is 6.61 Å². The Hall–Kier alpha value is 0.420. The predicted octanol–water partition coefficient (Wildman–Crippen LogP) is 2.54. The Kier molecular flexibility index (Phi) is 7.87. The van der Waals surface area contributed by atoms with Crippen LogP contribution in [0.5, 0.6) is 0 Å². The van der Waals surface area contributed by atoms with Gasteiger partial charge in [-0.1, -0.05) is 38.4 Å². The Labute approximate surface area is 108 Å². The van der Waals surface area contributed by atoms with Crippen molar-refractivity contribution in [2.24, 2.45) is 0 Å². The molecule has 0 aliphatic carbocycles. The van der Waals surface area contributed by atoms with Gasteiger partial charge in [0, 0.05) is 6.42 Å². The summed E-state index contributed by atoms with van der Waals surface area (Å²) in [5.41, 5.74) is 0. The van der Waals surface area contributed by atoms with E-state index in [9.17, 15) is 10.2 Å². The van der Waals surface area contributed by atoms with Crippen LogP contribution in [0.4, 0.5) is 0 Å². The van der Waals surface area contributed by atoms with E-state index in [-0.39, 0.29) is 0 Å². The first-order valence-corrected chi connectivity index (χ1v) is 6.45. The Morgan fingerprint density at radius 2 is 2.00 bits per heavy atom. The first-order chi connectivity index (χ1) is 6.90. The second-order valence-electron chi connectivity index (χ2n) is 3.46. The Morgan fingerprint density at radius 1 is 1.40 bits per heavy atom. The highest BCUT2D eigenvalue weighted by atomic mass is 79.9. The second kappa shape index (κ2) is 7.65. The molecule has 0 spiro atoms. The maximum atomic E-state index is 9.58. The molecule has 2 N–H and O–H groups in total. The van der Waals surface area contributed by atoms with E-state index in [2.05, 4.69) is 38.4 Å². The standard InChI is InChI=1S/C10H18Br2O3/c1-3-15-7-5-9(14)4-6-10(11,12)8(2)13/h3,8-9,13-14H,1,4-7H2,2H3. The van der Waals surface area contributed by atoms with Crippen molar-refractivity contribution in [1.29, 1.82) is 0 Å². The smallest absolute Gasteiger partial charge is 0.106 e. The van der Waals surface area contributed by atoms with Crippen LogP contribution in [-0.2, 0) is 4.74 Å². The van der Waals surface area contributed by atoms with Crippen molar-refractivity contribution in [3.8, 4) is 0 Å². The van der Waals surface area contributed by atoms with Crippen LogP contribution in [0.2, 0.25) is 0 Å². The van der Waals surface area contributed by atoms with E-state index in [1.54, 1.807) is 6.92 Å². The second-order valence-corrected chi connectivity index (χ2v) is 7.35. The van der Waals surface area contributed by atoms with Crippen LogP contribution < -0.4 is 0 Å². The summed E-state index contributed by atoms with van der Waals surface area (Å²) in [5, 5.41) is 19.0. The average molecular weight is 346 g/mol. The lowest BCUT2D eigenvalue weighted by molar-refractivity contribution is 0.109. The van der Waals surface area contributed by atoms with Gasteiger partial charge in [-0.05, 0) is 19.8 Å². The van der Waals surface area contributed by atoms with Crippen molar-refractivity contribution in [1.82, 2.24) is 0 Å². The van der Waals surface area contributed by atoms with Gasteiger partial charge in [0.2, 0.25) is 0 Å². The molecule has 0 aliphatic heterocycles. The molecule has 0 amide bonds. The molecule has 0 aromatic heterocycles. The summed E-state index contributed by atoms with van der Waals surface area (Å²) < 4.78 is 4.40. The van der Waals surface area contributed by atoms with Gasteiger partial charge < -0.3 is 14.9 Å². The minimum atomic E-state index is -0.519. The van der Waals surface area contributed by atoms with Crippen molar-refractivity contribution in [3.05, 3.63) is 12.8 Å². The number of rotatable bonds is 8. The predicted molar refractivity (Wildman–Crippen MR) is 68.3 cm³/mol. The first-order valence-electron chi connectivity index (χ1n) is 4.86. The van der Waals surface area contributed by atoms with Crippen LogP contribution in [0.25, 0.3) is 0 Å². The highest BCUT2D eigenvalue weighted by Crippen LogP contribution is 2.35. The van der Waals surface area contributed by atoms with Gasteiger partial charge in [0.25, 0.3) is 0 Å². The summed E-state index contributed by atoms with van der Waals surface area (Å²) in [5.74, 6) is 0. The minimum Gasteiger partial charge on any atom is -0.502 e. The quantitative estimate of drug-likeness (QED) is 0.404. The van der Waals surface area contributed by atoms with Crippen molar-refractivity contribution in [3.63, 3.8) is 0 Å². The van der Waals surface area contributed by atoms with E-state index in [0.29, 0.717) is 25.9 Å². The molecule has 0 bridgehead atoms. The Balaban J connectivity index is 3.69. The molecule has 0 heterocycles. The molecule has 2 unspecified atom stereocenters. The number of hydrogen-bond acceptors (Lipinski definition) is 3. The summed E-state index contributed by atoms with van der Waals surface area (Å²) in [4.78, 5) is 0. The van der Waals surface area contributed by atoms with Crippen molar-refractivity contribution < 1.29 is 14.9 Å². The van der Waals surface area contributed by atoms with Gasteiger partial charge in [-0.3, -0.25) is 0 Å². The molecule has 0 fully saturated rings. The van der Waals surface area contributed by atoms with E-state index in [1.165, 1.54) is 6.26 Å². The molecule has 0 saturated heterocycles. The lowest BCUT2D eigenvalue weighted by Crippen LogP contribution is -2.28. The molecule has 90 valence electrons. The fourth-order valence-corrected chi connectivity index (χ4v) is 1.46. The van der Waals surface area contributed by atoms with Crippen LogP contribution in [0.3, 0.4) is 0 Å². The molecule has 0 radical (unpaired) electrons. The van der Waals surface area contributed by atoms with Gasteiger partial charge in [-0.2, -0.15) is 0 Å². The SMILES string of the molecule is C=COCCC(O)CCC(Br)(Br)C(C)O. The van der Waals surface area contributed by atoms with Crippen molar-refractivity contribution in [2.45, 2.75) is 41.6 Å². The van der Waals surface area contributed by atoms with Gasteiger partial charge in [-0.15, -0.1) is 0 Å². The molecule has 0 aromatic rings. The third-order valence-corrected chi connectivity index (χ3v) is 4.23. The van der Waals surface area contributed by atoms with Crippen LogP contribution in [0, 0.1) is 0 Å². The Morgan fingerprint density at radius 3 is 2.47 bits per heavy atom. The van der Waals surface area contributed by atoms with Crippen LogP contribution >= 0.6 is 31.9 Å². The third kappa shape index (κ3) is 7.33. The highest BCUT2D eigenvalue weighted by molar-refractivity contribution is 9.25. The molecule has 5 heteroatoms. The van der Waals surface area contributed by atoms with E-state index in [0.717, 1.165) is 0 Å². The summed E-state index contributed by atoms with van der Waals surface area (Å²) >= 11 is 6.73. The van der Waals surface area contributed by atoms with Crippen LogP contribution in [-0.4, -0.2) is 32.3 Å². The van der Waals surface area contributed by atoms with E-state index < -0.39 is 15.4 Å². The molecular formula is C10H18Br2O3. The average Bonchev–Trinajstić information content (AvgIpc) is 2.15. The minimum absolute atomic E-state index is 0.418. The largest absolute Gasteiger partial charge is 0.502 e. The number of aliphatic hydroxyl groups excluding tert-OH is 2. The third-order valence-electron chi connectivity index (χ3n) is 2.11. The number of halogens is 2. The molecule has 0 aromatic carbocycles. The number of aliphatic hydroxyl groups is 2. The molecule has 0 saturated carbocycles. The molecule has 15 heavy (non-hydrogen) atoms. The first kappa shape index (κ1) is 15.4. The summed E-state index contributed by atoms with van der Waals surface area (Å²) in [7, 11) is 0. The number of ether oxygens (including phenoxy) is 1. The fourth-order valence-electron chi connectivity index (χ4n) is 1.000. The zero-order valence-corrected chi connectivity index (χ0v) is 12.0. The highest BCUT2D eigenvalue weighted by Gasteiger charge is 2.29. The fraction of sp³-hybridized carbons (Fsp3) is 0.800. The number of alkyl halides is 2. The van der Waals surface area contributed by atoms with Crippen LogP contribution in [0.1, 0.15) is 26.2 Å². The van der Waals surface area contributed by atoms with Gasteiger partial charge in [0.15, 0.2) is 0 Å². The zero-order valence-electron chi connectivity index (χ0n) is 8.83. The number of hydrogen-bond donors (Lipinski definition) is 2. The topological polar surface area (TPSA) is 49.7 Å². The maximum Gasteiger partial charge on any atom is 0.106 e. The van der Waals surface area contributed by atoms with E-state index in [1.807, 2.05) is 0 Å². The van der Waals surface area contributed by atoms with Gasteiger partial charge >= 0.3 is 0 Å². The van der Waals surface area contributed by atoms with E-state index >= 15 is 0 Å².